The van der Waals surface area contributed by atoms with Gasteiger partial charge in [0.1, 0.15) is 0 Å². The van der Waals surface area contributed by atoms with Gasteiger partial charge in [-0.15, -0.1) is 6.42 Å². The molecule has 1 aromatic rings. The molecule has 2 rings (SSSR count). The number of ketones is 2. The normalized spacial score (nSPS) is 14.5. The van der Waals surface area contributed by atoms with E-state index in [0.29, 0.717) is 43.9 Å². The van der Waals surface area contributed by atoms with Gasteiger partial charge >= 0.3 is 0 Å². The molecule has 1 saturated heterocycles. The van der Waals surface area contributed by atoms with E-state index in [1.54, 1.807) is 35.2 Å². The molecule has 1 heterocycles. The zero-order valence-electron chi connectivity index (χ0n) is 15.7. The van der Waals surface area contributed by atoms with Gasteiger partial charge in [-0.05, 0) is 24.8 Å². The highest BCUT2D eigenvalue weighted by Crippen LogP contribution is 2.17. The van der Waals surface area contributed by atoms with Crippen LogP contribution in [-0.2, 0) is 9.53 Å². The van der Waals surface area contributed by atoms with E-state index < -0.39 is 5.78 Å². The molecule has 0 radical (unpaired) electrons. The van der Waals surface area contributed by atoms with Crippen molar-refractivity contribution < 1.29 is 19.1 Å². The first kappa shape index (κ1) is 20.6. The number of nitrogens with zero attached hydrogens (tertiary/aromatic N) is 1. The lowest BCUT2D eigenvalue weighted by atomic mass is 9.97. The van der Waals surface area contributed by atoms with Crippen LogP contribution in [0, 0.1) is 12.3 Å². The Kier molecular flexibility index (Phi) is 7.97. The molecular weight excluding hydrogens is 342 g/mol. The number of allylic oxidation sites excluding steroid dienone is 1. The summed E-state index contributed by atoms with van der Waals surface area (Å²) in [5.74, 6) is 1.28. The summed E-state index contributed by atoms with van der Waals surface area (Å²) in [6.07, 6.45) is 9.42. The second-order valence-electron chi connectivity index (χ2n) is 6.38. The molecule has 0 saturated carbocycles. The smallest absolute Gasteiger partial charge is 0.249 e. The van der Waals surface area contributed by atoms with Crippen LogP contribution in [0.3, 0.4) is 0 Å². The number of rotatable bonds is 8. The molecule has 1 aliphatic rings. The van der Waals surface area contributed by atoms with Crippen LogP contribution in [0.25, 0.3) is 0 Å². The molecule has 0 aliphatic carbocycles. The summed E-state index contributed by atoms with van der Waals surface area (Å²) < 4.78 is 5.30. The van der Waals surface area contributed by atoms with Crippen molar-refractivity contribution in [2.24, 2.45) is 0 Å². The molecule has 5 nitrogen and oxygen atoms in total. The van der Waals surface area contributed by atoms with Crippen molar-refractivity contribution in [2.45, 2.75) is 32.6 Å². The minimum Gasteiger partial charge on any atom is -0.378 e. The summed E-state index contributed by atoms with van der Waals surface area (Å²) in [6, 6.07) is 6.51. The molecule has 1 aromatic carbocycles. The van der Waals surface area contributed by atoms with Gasteiger partial charge < -0.3 is 9.64 Å². The van der Waals surface area contributed by atoms with E-state index in [0.717, 1.165) is 12.8 Å². The molecule has 0 atom stereocenters. The topological polar surface area (TPSA) is 63.7 Å². The third-order valence-electron chi connectivity index (χ3n) is 4.51. The molecule has 0 spiro atoms. The molecule has 27 heavy (non-hydrogen) atoms. The van der Waals surface area contributed by atoms with E-state index in [1.807, 2.05) is 0 Å². The Labute approximate surface area is 160 Å². The third kappa shape index (κ3) is 5.63. The standard InChI is InChI=1S/C22H25NO4/c1-3-5-8-17(22(26)23-13-15-27-16-14-23)11-12-21(25)19-10-7-6-9-18(19)20(24)4-2/h2,6-7,9-11H,3,5,8,12-16H2,1H3/b17-11-. The van der Waals surface area contributed by atoms with Crippen LogP contribution < -0.4 is 0 Å². The van der Waals surface area contributed by atoms with Crippen molar-refractivity contribution in [1.29, 1.82) is 0 Å². The number of ether oxygens (including phenoxy) is 1. The summed E-state index contributed by atoms with van der Waals surface area (Å²) in [4.78, 5) is 39.1. The van der Waals surface area contributed by atoms with Gasteiger partial charge in [0.25, 0.3) is 0 Å². The summed E-state index contributed by atoms with van der Waals surface area (Å²) in [6.45, 7) is 4.26. The summed E-state index contributed by atoms with van der Waals surface area (Å²) in [5, 5.41) is 0. The SMILES string of the molecule is C#CC(=O)c1ccccc1C(=O)C/C=C(/CCCC)C(=O)N1CCOCC1. The van der Waals surface area contributed by atoms with E-state index in [2.05, 4.69) is 12.8 Å². The zero-order valence-corrected chi connectivity index (χ0v) is 15.7. The maximum absolute atomic E-state index is 12.8. The minimum absolute atomic E-state index is 0.0347. The summed E-state index contributed by atoms with van der Waals surface area (Å²) in [7, 11) is 0. The number of hydrogen-bond donors (Lipinski definition) is 0. The highest BCUT2D eigenvalue weighted by Gasteiger charge is 2.21. The van der Waals surface area contributed by atoms with Crippen LogP contribution >= 0.6 is 0 Å². The predicted molar refractivity (Wildman–Crippen MR) is 104 cm³/mol. The average Bonchev–Trinajstić information content (AvgIpc) is 2.73. The molecule has 0 aromatic heterocycles. The number of unbranched alkanes of at least 4 members (excludes halogenated alkanes) is 1. The second-order valence-corrected chi connectivity index (χ2v) is 6.38. The van der Waals surface area contributed by atoms with Gasteiger partial charge in [-0.1, -0.05) is 37.6 Å². The average molecular weight is 367 g/mol. The van der Waals surface area contributed by atoms with Crippen molar-refractivity contribution in [2.75, 3.05) is 26.3 Å². The van der Waals surface area contributed by atoms with Gasteiger partial charge in [0, 0.05) is 36.2 Å². The Morgan fingerprint density at radius 3 is 2.48 bits per heavy atom. The fraction of sp³-hybridized carbons (Fsp3) is 0.409. The molecule has 142 valence electrons. The lowest BCUT2D eigenvalue weighted by molar-refractivity contribution is -0.131. The van der Waals surface area contributed by atoms with E-state index in [4.69, 9.17) is 11.2 Å². The Morgan fingerprint density at radius 1 is 1.19 bits per heavy atom. The highest BCUT2D eigenvalue weighted by atomic mass is 16.5. The number of carbonyl (C=O) groups excluding carboxylic acids is 3. The number of carbonyl (C=O) groups is 3. The molecule has 1 fully saturated rings. The maximum atomic E-state index is 12.8. The Morgan fingerprint density at radius 2 is 1.85 bits per heavy atom. The highest BCUT2D eigenvalue weighted by molar-refractivity contribution is 6.15. The van der Waals surface area contributed by atoms with Crippen molar-refractivity contribution in [3.63, 3.8) is 0 Å². The van der Waals surface area contributed by atoms with Gasteiger partial charge in [0.05, 0.1) is 13.2 Å². The van der Waals surface area contributed by atoms with Crippen molar-refractivity contribution >= 4 is 17.5 Å². The summed E-state index contributed by atoms with van der Waals surface area (Å²) >= 11 is 0. The lowest BCUT2D eigenvalue weighted by Gasteiger charge is -2.28. The van der Waals surface area contributed by atoms with Crippen LogP contribution in [0.5, 0.6) is 0 Å². The third-order valence-corrected chi connectivity index (χ3v) is 4.51. The quantitative estimate of drug-likeness (QED) is 0.307. The minimum atomic E-state index is -0.515. The fourth-order valence-corrected chi connectivity index (χ4v) is 2.96. The first-order chi connectivity index (χ1) is 13.1. The van der Waals surface area contributed by atoms with Crippen molar-refractivity contribution in [1.82, 2.24) is 4.90 Å². The van der Waals surface area contributed by atoms with Crippen molar-refractivity contribution in [3.05, 3.63) is 47.0 Å². The van der Waals surface area contributed by atoms with Gasteiger partial charge in [-0.3, -0.25) is 14.4 Å². The molecule has 0 bridgehead atoms. The van der Waals surface area contributed by atoms with Crippen LogP contribution in [0.15, 0.2) is 35.9 Å². The van der Waals surface area contributed by atoms with Crippen LogP contribution in [0.2, 0.25) is 0 Å². The molecule has 5 heteroatoms. The van der Waals surface area contributed by atoms with Gasteiger partial charge in [0.15, 0.2) is 5.78 Å². The van der Waals surface area contributed by atoms with E-state index in [1.165, 1.54) is 0 Å². The molecule has 0 unspecified atom stereocenters. The number of benzene rings is 1. The van der Waals surface area contributed by atoms with E-state index >= 15 is 0 Å². The zero-order chi connectivity index (χ0) is 19.6. The second kappa shape index (κ2) is 10.4. The Hall–Kier alpha value is -2.71. The molecule has 0 N–H and O–H groups in total. The van der Waals surface area contributed by atoms with Gasteiger partial charge in [-0.2, -0.15) is 0 Å². The maximum Gasteiger partial charge on any atom is 0.249 e. The number of morpholine rings is 1. The van der Waals surface area contributed by atoms with Crippen LogP contribution in [0.1, 0.15) is 53.3 Å². The van der Waals surface area contributed by atoms with E-state index in [9.17, 15) is 14.4 Å². The monoisotopic (exact) mass is 367 g/mol. The first-order valence-corrected chi connectivity index (χ1v) is 9.27. The predicted octanol–water partition coefficient (Wildman–Crippen LogP) is 3.05. The van der Waals surface area contributed by atoms with E-state index in [-0.39, 0.29) is 23.7 Å². The van der Waals surface area contributed by atoms with Gasteiger partial charge in [0.2, 0.25) is 11.7 Å². The van der Waals surface area contributed by atoms with Crippen molar-refractivity contribution in [3.8, 4) is 12.3 Å². The largest absolute Gasteiger partial charge is 0.378 e. The molecule has 1 amide bonds. The first-order valence-electron chi connectivity index (χ1n) is 9.27. The fourth-order valence-electron chi connectivity index (χ4n) is 2.96. The number of amides is 1. The number of Topliss-reactive ketones (excluding diaryl/α,β-unsaturated/α-hetero) is 2. The lowest BCUT2D eigenvalue weighted by Crippen LogP contribution is -2.41. The van der Waals surface area contributed by atoms with Crippen LogP contribution in [-0.4, -0.2) is 48.7 Å². The molecule has 1 aliphatic heterocycles. The summed E-state index contributed by atoms with van der Waals surface area (Å²) in [5.41, 5.74) is 1.17. The number of hydrogen-bond acceptors (Lipinski definition) is 4. The van der Waals surface area contributed by atoms with Crippen LogP contribution in [0.4, 0.5) is 0 Å². The Balaban J connectivity index is 2.17. The molecular formula is C22H25NO4. The number of terminal acetylenes is 1. The van der Waals surface area contributed by atoms with Gasteiger partial charge in [-0.25, -0.2) is 0 Å². The Bertz CT molecular complexity index is 767.